The Kier molecular flexibility index (Phi) is 5.01. The first-order valence-electron chi connectivity index (χ1n) is 14.0. The molecule has 0 aliphatic heterocycles. The van der Waals surface area contributed by atoms with Gasteiger partial charge in [-0.25, -0.2) is 0 Å². The van der Waals surface area contributed by atoms with Gasteiger partial charge in [-0.15, -0.1) is 0 Å². The van der Waals surface area contributed by atoms with Gasteiger partial charge in [0, 0.05) is 0 Å². The van der Waals surface area contributed by atoms with Gasteiger partial charge in [-0.3, -0.25) is 0 Å². The fourth-order valence-corrected chi connectivity index (χ4v) is 12.3. The number of hydrogen-bond acceptors (Lipinski definition) is 2. The van der Waals surface area contributed by atoms with Crippen LogP contribution in [0.3, 0.4) is 0 Å². The van der Waals surface area contributed by atoms with Crippen LogP contribution in [0.15, 0.2) is 0 Å². The van der Waals surface area contributed by atoms with Gasteiger partial charge in [-0.2, -0.15) is 0 Å². The molecule has 5 fully saturated rings. The van der Waals surface area contributed by atoms with Crippen molar-refractivity contribution in [3.8, 4) is 0 Å². The zero-order valence-electron chi connectivity index (χ0n) is 22.4. The van der Waals surface area contributed by atoms with Crippen molar-refractivity contribution >= 4 is 0 Å². The summed E-state index contributed by atoms with van der Waals surface area (Å²) >= 11 is 0. The second-order valence-electron chi connectivity index (χ2n) is 15.6. The van der Waals surface area contributed by atoms with Crippen LogP contribution < -0.4 is 0 Å². The van der Waals surface area contributed by atoms with Gasteiger partial charge in [0.15, 0.2) is 0 Å². The Bertz CT molecular complexity index is 765. The molecule has 2 N–H and O–H groups in total. The van der Waals surface area contributed by atoms with Crippen LogP contribution in [0.2, 0.25) is 0 Å². The highest BCUT2D eigenvalue weighted by molar-refractivity contribution is 5.20. The Morgan fingerprint density at radius 3 is 1.97 bits per heavy atom. The molecule has 32 heavy (non-hydrogen) atoms. The Morgan fingerprint density at radius 1 is 0.719 bits per heavy atom. The first kappa shape index (κ1) is 23.7. The molecule has 0 amide bonds. The molecule has 0 bridgehead atoms. The summed E-state index contributed by atoms with van der Waals surface area (Å²) in [7, 11) is 0. The summed E-state index contributed by atoms with van der Waals surface area (Å²) in [6.45, 7) is 19.4. The lowest BCUT2D eigenvalue weighted by Gasteiger charge is -2.73. The topological polar surface area (TPSA) is 40.5 Å². The molecule has 0 unspecified atom stereocenters. The lowest BCUT2D eigenvalue weighted by Crippen LogP contribution is -2.68. The van der Waals surface area contributed by atoms with Gasteiger partial charge in [-0.05, 0) is 128 Å². The van der Waals surface area contributed by atoms with Crippen molar-refractivity contribution in [2.24, 2.45) is 56.7 Å². The molecule has 5 aliphatic carbocycles. The first-order valence-corrected chi connectivity index (χ1v) is 14.0. The normalized spacial score (nSPS) is 57.2. The van der Waals surface area contributed by atoms with E-state index in [4.69, 9.17) is 0 Å². The summed E-state index contributed by atoms with van der Waals surface area (Å²) in [5.74, 6) is 3.01. The predicted molar refractivity (Wildman–Crippen MR) is 132 cm³/mol. The summed E-state index contributed by atoms with van der Waals surface area (Å²) in [5, 5.41) is 22.8. The quantitative estimate of drug-likeness (QED) is 0.448. The minimum absolute atomic E-state index is 0.162. The third-order valence-electron chi connectivity index (χ3n) is 13.5. The van der Waals surface area contributed by atoms with Crippen molar-refractivity contribution in [3.05, 3.63) is 0 Å². The van der Waals surface area contributed by atoms with E-state index >= 15 is 0 Å². The Labute approximate surface area is 198 Å². The van der Waals surface area contributed by atoms with E-state index in [1.165, 1.54) is 57.8 Å². The molecule has 0 aromatic carbocycles. The van der Waals surface area contributed by atoms with E-state index in [0.717, 1.165) is 18.3 Å². The average Bonchev–Trinajstić information content (AvgIpc) is 2.98. The summed E-state index contributed by atoms with van der Waals surface area (Å²) in [6.07, 6.45) is 12.5. The van der Waals surface area contributed by atoms with Crippen LogP contribution in [-0.4, -0.2) is 21.9 Å². The van der Waals surface area contributed by atoms with Gasteiger partial charge >= 0.3 is 0 Å². The zero-order chi connectivity index (χ0) is 23.5. The van der Waals surface area contributed by atoms with Gasteiger partial charge < -0.3 is 10.2 Å². The van der Waals surface area contributed by atoms with Crippen LogP contribution in [0.1, 0.15) is 120 Å². The van der Waals surface area contributed by atoms with Gasteiger partial charge in [0.1, 0.15) is 0 Å². The lowest BCUT2D eigenvalue weighted by atomic mass is 9.31. The maximum absolute atomic E-state index is 11.8. The van der Waals surface area contributed by atoms with E-state index in [2.05, 4.69) is 55.4 Å². The van der Waals surface area contributed by atoms with Gasteiger partial charge in [0.25, 0.3) is 0 Å². The maximum atomic E-state index is 11.8. The fourth-order valence-electron chi connectivity index (χ4n) is 12.3. The van der Waals surface area contributed by atoms with Crippen molar-refractivity contribution in [1.82, 2.24) is 0 Å². The second kappa shape index (κ2) is 6.77. The molecule has 0 radical (unpaired) electrons. The van der Waals surface area contributed by atoms with Crippen LogP contribution in [0.4, 0.5) is 0 Å². The molecule has 0 spiro atoms. The van der Waals surface area contributed by atoms with Crippen molar-refractivity contribution in [3.63, 3.8) is 0 Å². The number of aliphatic hydroxyl groups is 2. The van der Waals surface area contributed by atoms with Gasteiger partial charge in [0.2, 0.25) is 0 Å². The van der Waals surface area contributed by atoms with Crippen LogP contribution in [0, 0.1) is 56.7 Å². The monoisotopic (exact) mass is 444 g/mol. The summed E-state index contributed by atoms with van der Waals surface area (Å²) in [4.78, 5) is 0. The minimum Gasteiger partial charge on any atom is -0.393 e. The van der Waals surface area contributed by atoms with Gasteiger partial charge in [0.05, 0.1) is 11.7 Å². The molecule has 2 nitrogen and oxygen atoms in total. The molecular weight excluding hydrogens is 392 g/mol. The molecule has 0 aromatic rings. The second-order valence-corrected chi connectivity index (χ2v) is 15.6. The smallest absolute Gasteiger partial charge is 0.0622 e. The Hall–Kier alpha value is -0.0800. The molecule has 10 atom stereocenters. The van der Waals surface area contributed by atoms with E-state index in [0.29, 0.717) is 28.6 Å². The van der Waals surface area contributed by atoms with E-state index in [1.54, 1.807) is 0 Å². The SMILES string of the molecule is CC(C)(O)[C@H]1CC[C@]2(C)[C@H]3CC[C@@H]4[C@@]5(C)CCCC(C)(C)[C@@H]5[C@@H](O)C[C@@]4(C)[C@]3(C)CC[C@@H]12. The Balaban J connectivity index is 1.54. The molecular formula is C30H52O2. The van der Waals surface area contributed by atoms with Crippen LogP contribution in [0.5, 0.6) is 0 Å². The highest BCUT2D eigenvalue weighted by Crippen LogP contribution is 2.78. The number of rotatable bonds is 1. The van der Waals surface area contributed by atoms with E-state index in [9.17, 15) is 10.2 Å². The predicted octanol–water partition coefficient (Wildman–Crippen LogP) is 7.22. The average molecular weight is 445 g/mol. The van der Waals surface area contributed by atoms with E-state index in [1.807, 2.05) is 0 Å². The first-order chi connectivity index (χ1) is 14.6. The zero-order valence-corrected chi connectivity index (χ0v) is 22.4. The van der Waals surface area contributed by atoms with Crippen LogP contribution in [0.25, 0.3) is 0 Å². The largest absolute Gasteiger partial charge is 0.393 e. The molecule has 5 saturated carbocycles. The summed E-state index contributed by atoms with van der Waals surface area (Å²) < 4.78 is 0. The Morgan fingerprint density at radius 2 is 1.34 bits per heavy atom. The molecule has 0 heterocycles. The van der Waals surface area contributed by atoms with Crippen LogP contribution in [-0.2, 0) is 0 Å². The number of hydrogen-bond donors (Lipinski definition) is 2. The number of aliphatic hydroxyl groups excluding tert-OH is 1. The summed E-state index contributed by atoms with van der Waals surface area (Å²) in [6, 6.07) is 0. The van der Waals surface area contributed by atoms with Crippen molar-refractivity contribution in [1.29, 1.82) is 0 Å². The third-order valence-corrected chi connectivity index (χ3v) is 13.5. The molecule has 0 aromatic heterocycles. The molecule has 184 valence electrons. The van der Waals surface area contributed by atoms with E-state index < -0.39 is 5.60 Å². The van der Waals surface area contributed by atoms with E-state index in [-0.39, 0.29) is 22.3 Å². The fraction of sp³-hybridized carbons (Fsp3) is 1.00. The number of fused-ring (bicyclic) bond motifs is 7. The third kappa shape index (κ3) is 2.78. The highest BCUT2D eigenvalue weighted by Gasteiger charge is 2.72. The molecule has 0 saturated heterocycles. The highest BCUT2D eigenvalue weighted by atomic mass is 16.3. The maximum Gasteiger partial charge on any atom is 0.0622 e. The lowest BCUT2D eigenvalue weighted by molar-refractivity contribution is -0.268. The van der Waals surface area contributed by atoms with Crippen molar-refractivity contribution in [2.45, 2.75) is 131 Å². The van der Waals surface area contributed by atoms with Crippen LogP contribution >= 0.6 is 0 Å². The molecule has 5 rings (SSSR count). The van der Waals surface area contributed by atoms with Crippen molar-refractivity contribution < 1.29 is 10.2 Å². The molecule has 2 heteroatoms. The van der Waals surface area contributed by atoms with Crippen molar-refractivity contribution in [2.75, 3.05) is 0 Å². The van der Waals surface area contributed by atoms with Gasteiger partial charge in [-0.1, -0.05) is 48.0 Å². The minimum atomic E-state index is -0.563. The molecule has 5 aliphatic rings. The standard InChI is InChI=1S/C30H52O2/c1-25(2)14-9-15-28(6)23-11-10-22-27(5)16-12-19(26(3,4)32)20(27)13-17-29(22,7)30(23,8)18-21(31)24(25)28/h19-24,31-32H,9-18H2,1-8H3/t19-,20-,21-,22+,23+,24-,27-,28+,29+,30+/m0/s1. The summed E-state index contributed by atoms with van der Waals surface area (Å²) in [5.41, 5.74) is 0.819.